The molecule has 7 heteroatoms. The summed E-state index contributed by atoms with van der Waals surface area (Å²) in [4.78, 5) is 1.60. The smallest absolute Gasteiger partial charge is 0.365 e. The van der Waals surface area contributed by atoms with Crippen molar-refractivity contribution in [2.24, 2.45) is 0 Å². The fourth-order valence-corrected chi connectivity index (χ4v) is 1.92. The Balaban J connectivity index is 2.21. The van der Waals surface area contributed by atoms with Gasteiger partial charge in [0.25, 0.3) is 0 Å². The number of fused-ring (bicyclic) bond motifs is 1. The molecule has 3 rings (SSSR count). The zero-order valence-electron chi connectivity index (χ0n) is 9.57. The summed E-state index contributed by atoms with van der Waals surface area (Å²) < 4.78 is 38.6. The van der Waals surface area contributed by atoms with Crippen LogP contribution >= 0.6 is 0 Å². The standard InChI is InChI=1S/C12H9F3N4/c13-12(14,15)8-5-10-9(7-17-18-10)11(6-8)19-3-1-16-2-4-19/h1-7,16H,(H,17,18). The van der Waals surface area contributed by atoms with Gasteiger partial charge in [0, 0.05) is 30.2 Å². The van der Waals surface area contributed by atoms with E-state index in [1.54, 1.807) is 29.7 Å². The van der Waals surface area contributed by atoms with Crippen LogP contribution in [0.25, 0.3) is 10.9 Å². The van der Waals surface area contributed by atoms with Crippen molar-refractivity contribution in [1.29, 1.82) is 0 Å². The molecule has 0 saturated carbocycles. The number of nitrogens with one attached hydrogen (secondary N) is 2. The highest BCUT2D eigenvalue weighted by Gasteiger charge is 2.32. The molecule has 0 fully saturated rings. The number of halogens is 3. The van der Waals surface area contributed by atoms with Crippen molar-refractivity contribution in [3.8, 4) is 0 Å². The highest BCUT2D eigenvalue weighted by atomic mass is 19.4. The van der Waals surface area contributed by atoms with E-state index in [1.165, 1.54) is 6.20 Å². The lowest BCUT2D eigenvalue weighted by molar-refractivity contribution is -0.137. The quantitative estimate of drug-likeness (QED) is 0.834. The van der Waals surface area contributed by atoms with E-state index >= 15 is 0 Å². The van der Waals surface area contributed by atoms with Crippen LogP contribution < -0.4 is 10.2 Å². The van der Waals surface area contributed by atoms with E-state index in [4.69, 9.17) is 0 Å². The molecule has 1 aromatic heterocycles. The normalized spacial score (nSPS) is 15.0. The predicted molar refractivity (Wildman–Crippen MR) is 65.0 cm³/mol. The van der Waals surface area contributed by atoms with Crippen molar-refractivity contribution in [3.05, 3.63) is 48.7 Å². The second-order valence-corrected chi connectivity index (χ2v) is 4.03. The lowest BCUT2D eigenvalue weighted by Crippen LogP contribution is -2.15. The van der Waals surface area contributed by atoms with Gasteiger partial charge in [0.1, 0.15) is 0 Å². The van der Waals surface area contributed by atoms with Gasteiger partial charge in [-0.2, -0.15) is 18.3 Å². The Morgan fingerprint density at radius 3 is 2.53 bits per heavy atom. The average Bonchev–Trinajstić information content (AvgIpc) is 2.85. The Kier molecular flexibility index (Phi) is 2.48. The summed E-state index contributed by atoms with van der Waals surface area (Å²) in [5.41, 5.74) is 0.0670. The Bertz CT molecular complexity index is 657. The van der Waals surface area contributed by atoms with Crippen LogP contribution in [-0.4, -0.2) is 10.2 Å². The van der Waals surface area contributed by atoms with E-state index in [1.807, 2.05) is 0 Å². The molecule has 98 valence electrons. The maximum Gasteiger partial charge on any atom is 0.416 e. The van der Waals surface area contributed by atoms with Gasteiger partial charge in [-0.25, -0.2) is 0 Å². The molecule has 0 radical (unpaired) electrons. The molecule has 2 N–H and O–H groups in total. The second-order valence-electron chi connectivity index (χ2n) is 4.03. The summed E-state index contributed by atoms with van der Waals surface area (Å²) in [6.07, 6.45) is 3.66. The van der Waals surface area contributed by atoms with Crippen molar-refractivity contribution < 1.29 is 13.2 Å². The van der Waals surface area contributed by atoms with Crippen LogP contribution in [0.1, 0.15) is 5.56 Å². The van der Waals surface area contributed by atoms with Crippen LogP contribution in [0.5, 0.6) is 0 Å². The molecule has 1 aliphatic heterocycles. The van der Waals surface area contributed by atoms with Crippen molar-refractivity contribution in [2.45, 2.75) is 6.18 Å². The molecular weight excluding hydrogens is 257 g/mol. The topological polar surface area (TPSA) is 44.0 Å². The molecule has 19 heavy (non-hydrogen) atoms. The number of benzene rings is 1. The minimum atomic E-state index is -4.39. The minimum Gasteiger partial charge on any atom is -0.365 e. The molecular formula is C12H9F3N4. The number of hydrogen-bond acceptors (Lipinski definition) is 3. The van der Waals surface area contributed by atoms with Crippen LogP contribution in [0, 0.1) is 0 Å². The summed E-state index contributed by atoms with van der Waals surface area (Å²) in [6.45, 7) is 0. The van der Waals surface area contributed by atoms with E-state index in [0.717, 1.165) is 12.1 Å². The number of nitrogens with zero attached hydrogens (tertiary/aromatic N) is 2. The monoisotopic (exact) mass is 266 g/mol. The molecule has 0 unspecified atom stereocenters. The van der Waals surface area contributed by atoms with E-state index in [0.29, 0.717) is 16.6 Å². The summed E-state index contributed by atoms with van der Waals surface area (Å²) >= 11 is 0. The van der Waals surface area contributed by atoms with Crippen molar-refractivity contribution in [1.82, 2.24) is 15.5 Å². The molecule has 4 nitrogen and oxygen atoms in total. The summed E-state index contributed by atoms with van der Waals surface area (Å²) in [5.74, 6) is 0. The first-order valence-corrected chi connectivity index (χ1v) is 5.48. The third kappa shape index (κ3) is 2.03. The summed E-state index contributed by atoms with van der Waals surface area (Å²) in [6, 6.07) is 2.17. The highest BCUT2D eigenvalue weighted by molar-refractivity contribution is 5.93. The summed E-state index contributed by atoms with van der Waals surface area (Å²) in [7, 11) is 0. The molecule has 1 aliphatic rings. The zero-order valence-corrected chi connectivity index (χ0v) is 9.57. The molecule has 0 bridgehead atoms. The molecule has 0 amide bonds. The van der Waals surface area contributed by atoms with Crippen LogP contribution in [0.4, 0.5) is 18.9 Å². The van der Waals surface area contributed by atoms with Crippen molar-refractivity contribution in [3.63, 3.8) is 0 Å². The number of anilines is 1. The highest BCUT2D eigenvalue weighted by Crippen LogP contribution is 2.36. The fourth-order valence-electron chi connectivity index (χ4n) is 1.92. The predicted octanol–water partition coefficient (Wildman–Crippen LogP) is 2.93. The molecule has 0 atom stereocenters. The lowest BCUT2D eigenvalue weighted by Gasteiger charge is -2.20. The molecule has 2 aromatic rings. The van der Waals surface area contributed by atoms with Gasteiger partial charge < -0.3 is 10.2 Å². The van der Waals surface area contributed by atoms with Crippen LogP contribution in [0.15, 0.2) is 43.1 Å². The maximum absolute atomic E-state index is 12.9. The van der Waals surface area contributed by atoms with E-state index in [-0.39, 0.29) is 0 Å². The first kappa shape index (κ1) is 11.6. The van der Waals surface area contributed by atoms with Gasteiger partial charge in [-0.15, -0.1) is 0 Å². The number of aromatic nitrogens is 2. The zero-order chi connectivity index (χ0) is 13.5. The number of aromatic amines is 1. The number of alkyl halides is 3. The van der Waals surface area contributed by atoms with Crippen molar-refractivity contribution >= 4 is 16.6 Å². The van der Waals surface area contributed by atoms with Gasteiger partial charge >= 0.3 is 6.18 Å². The van der Waals surface area contributed by atoms with Crippen molar-refractivity contribution in [2.75, 3.05) is 4.90 Å². The third-order valence-corrected chi connectivity index (χ3v) is 2.81. The SMILES string of the molecule is FC(F)(F)c1cc(N2C=CNC=C2)c2cn[nH]c2c1. The molecule has 2 heterocycles. The van der Waals surface area contributed by atoms with E-state index in [9.17, 15) is 13.2 Å². The number of H-pyrrole nitrogens is 1. The fraction of sp³-hybridized carbons (Fsp3) is 0.0833. The molecule has 0 aliphatic carbocycles. The average molecular weight is 266 g/mol. The van der Waals surface area contributed by atoms with Gasteiger partial charge in [0.2, 0.25) is 0 Å². The summed E-state index contributed by atoms with van der Waals surface area (Å²) in [5, 5.41) is 9.82. The minimum absolute atomic E-state index is 0.352. The third-order valence-electron chi connectivity index (χ3n) is 2.81. The van der Waals surface area contributed by atoms with Crippen LogP contribution in [0.2, 0.25) is 0 Å². The largest absolute Gasteiger partial charge is 0.416 e. The lowest BCUT2D eigenvalue weighted by atomic mass is 10.1. The number of hydrogen-bond donors (Lipinski definition) is 2. The first-order valence-electron chi connectivity index (χ1n) is 5.48. The van der Waals surface area contributed by atoms with E-state index < -0.39 is 11.7 Å². The second kappa shape index (κ2) is 4.04. The van der Waals surface area contributed by atoms with Gasteiger partial charge in [-0.1, -0.05) is 0 Å². The van der Waals surface area contributed by atoms with Gasteiger partial charge in [0.05, 0.1) is 23.0 Å². The van der Waals surface area contributed by atoms with Crippen LogP contribution in [-0.2, 0) is 6.18 Å². The Hall–Kier alpha value is -2.44. The Morgan fingerprint density at radius 1 is 1.11 bits per heavy atom. The maximum atomic E-state index is 12.9. The molecule has 1 aromatic carbocycles. The number of rotatable bonds is 1. The van der Waals surface area contributed by atoms with E-state index in [2.05, 4.69) is 15.5 Å². The Morgan fingerprint density at radius 2 is 1.84 bits per heavy atom. The van der Waals surface area contributed by atoms with Gasteiger partial charge in [-0.3, -0.25) is 5.10 Å². The molecule has 0 spiro atoms. The Labute approximate surface area is 106 Å². The van der Waals surface area contributed by atoms with Crippen LogP contribution in [0.3, 0.4) is 0 Å². The first-order chi connectivity index (χ1) is 9.05. The molecule has 0 saturated heterocycles. The van der Waals surface area contributed by atoms with Gasteiger partial charge in [-0.05, 0) is 12.1 Å². The van der Waals surface area contributed by atoms with Gasteiger partial charge in [0.15, 0.2) is 0 Å².